The SMILES string of the molecule is O=C(NC1CCNCC1)c1cc(Cl)cc(Br)c1. The molecule has 1 aliphatic rings. The molecule has 1 heterocycles. The van der Waals surface area contributed by atoms with Gasteiger partial charge in [-0.2, -0.15) is 0 Å². The lowest BCUT2D eigenvalue weighted by molar-refractivity contribution is 0.0929. The first-order chi connectivity index (χ1) is 8.15. The van der Waals surface area contributed by atoms with Crippen LogP contribution < -0.4 is 10.6 Å². The van der Waals surface area contributed by atoms with Crippen molar-refractivity contribution in [3.8, 4) is 0 Å². The summed E-state index contributed by atoms with van der Waals surface area (Å²) in [5.41, 5.74) is 0.600. The summed E-state index contributed by atoms with van der Waals surface area (Å²) in [6.07, 6.45) is 1.96. The Balaban J connectivity index is 2.03. The Morgan fingerprint density at radius 2 is 2.06 bits per heavy atom. The van der Waals surface area contributed by atoms with Crippen LogP contribution in [0.15, 0.2) is 22.7 Å². The summed E-state index contributed by atoms with van der Waals surface area (Å²) in [4.78, 5) is 12.0. The molecule has 0 atom stereocenters. The summed E-state index contributed by atoms with van der Waals surface area (Å²) >= 11 is 9.25. The first-order valence-electron chi connectivity index (χ1n) is 5.63. The summed E-state index contributed by atoms with van der Waals surface area (Å²) < 4.78 is 0.820. The van der Waals surface area contributed by atoms with Crippen molar-refractivity contribution in [2.45, 2.75) is 18.9 Å². The van der Waals surface area contributed by atoms with Crippen LogP contribution in [0.1, 0.15) is 23.2 Å². The predicted molar refractivity (Wildman–Crippen MR) is 72.5 cm³/mol. The van der Waals surface area contributed by atoms with Gasteiger partial charge in [0.2, 0.25) is 0 Å². The summed E-state index contributed by atoms with van der Waals surface area (Å²) in [6.45, 7) is 1.92. The highest BCUT2D eigenvalue weighted by molar-refractivity contribution is 9.10. The molecule has 92 valence electrons. The Morgan fingerprint density at radius 1 is 1.35 bits per heavy atom. The van der Waals surface area contributed by atoms with Gasteiger partial charge in [-0.3, -0.25) is 4.79 Å². The average molecular weight is 318 g/mol. The quantitative estimate of drug-likeness (QED) is 0.880. The molecule has 1 aromatic rings. The average Bonchev–Trinajstić information content (AvgIpc) is 2.29. The van der Waals surface area contributed by atoms with E-state index in [4.69, 9.17) is 11.6 Å². The van der Waals surface area contributed by atoms with E-state index in [-0.39, 0.29) is 11.9 Å². The van der Waals surface area contributed by atoms with E-state index >= 15 is 0 Å². The fourth-order valence-corrected chi connectivity index (χ4v) is 2.78. The van der Waals surface area contributed by atoms with E-state index in [0.717, 1.165) is 30.4 Å². The Kier molecular flexibility index (Phi) is 4.42. The number of hydrogen-bond donors (Lipinski definition) is 2. The topological polar surface area (TPSA) is 41.1 Å². The van der Waals surface area contributed by atoms with E-state index in [0.29, 0.717) is 10.6 Å². The van der Waals surface area contributed by atoms with Crippen molar-refractivity contribution in [3.05, 3.63) is 33.3 Å². The molecule has 0 aromatic heterocycles. The fraction of sp³-hybridized carbons (Fsp3) is 0.417. The van der Waals surface area contributed by atoms with Crippen molar-refractivity contribution < 1.29 is 4.79 Å². The maximum atomic E-state index is 12.0. The third kappa shape index (κ3) is 3.69. The lowest BCUT2D eigenvalue weighted by atomic mass is 10.1. The first-order valence-corrected chi connectivity index (χ1v) is 6.80. The number of carbonyl (C=O) groups excluding carboxylic acids is 1. The van der Waals surface area contributed by atoms with Crippen molar-refractivity contribution in [1.82, 2.24) is 10.6 Å². The van der Waals surface area contributed by atoms with E-state index in [1.165, 1.54) is 0 Å². The van der Waals surface area contributed by atoms with Gasteiger partial charge in [0, 0.05) is 21.1 Å². The largest absolute Gasteiger partial charge is 0.349 e. The molecule has 17 heavy (non-hydrogen) atoms. The van der Waals surface area contributed by atoms with Gasteiger partial charge < -0.3 is 10.6 Å². The van der Waals surface area contributed by atoms with Gasteiger partial charge in [-0.25, -0.2) is 0 Å². The van der Waals surface area contributed by atoms with E-state index in [1.54, 1.807) is 18.2 Å². The second-order valence-corrected chi connectivity index (χ2v) is 5.51. The Bertz CT molecular complexity index is 399. The lowest BCUT2D eigenvalue weighted by Crippen LogP contribution is -2.42. The molecule has 1 aliphatic heterocycles. The van der Waals surface area contributed by atoms with E-state index in [2.05, 4.69) is 26.6 Å². The minimum Gasteiger partial charge on any atom is -0.349 e. The molecule has 0 spiro atoms. The molecule has 0 saturated carbocycles. The first kappa shape index (κ1) is 12.9. The van der Waals surface area contributed by atoms with Crippen LogP contribution in [0.5, 0.6) is 0 Å². The third-order valence-corrected chi connectivity index (χ3v) is 3.48. The number of halogens is 2. The highest BCUT2D eigenvalue weighted by Crippen LogP contribution is 2.19. The molecule has 3 nitrogen and oxygen atoms in total. The zero-order chi connectivity index (χ0) is 12.3. The molecule has 2 rings (SSSR count). The maximum absolute atomic E-state index is 12.0. The summed E-state index contributed by atoms with van der Waals surface area (Å²) in [6, 6.07) is 5.50. The Morgan fingerprint density at radius 3 is 2.71 bits per heavy atom. The fourth-order valence-electron chi connectivity index (χ4n) is 1.92. The Labute approximate surface area is 114 Å². The zero-order valence-corrected chi connectivity index (χ0v) is 11.6. The van der Waals surface area contributed by atoms with E-state index in [9.17, 15) is 4.79 Å². The number of rotatable bonds is 2. The normalized spacial score (nSPS) is 16.8. The van der Waals surface area contributed by atoms with Crippen molar-refractivity contribution in [3.63, 3.8) is 0 Å². The monoisotopic (exact) mass is 316 g/mol. The second kappa shape index (κ2) is 5.85. The minimum absolute atomic E-state index is 0.0555. The highest BCUT2D eigenvalue weighted by Gasteiger charge is 2.16. The Hall–Kier alpha value is -0.580. The van der Waals surface area contributed by atoms with E-state index < -0.39 is 0 Å². The summed E-state index contributed by atoms with van der Waals surface area (Å²) in [7, 11) is 0. The van der Waals surface area contributed by atoms with Gasteiger partial charge in [0.1, 0.15) is 0 Å². The van der Waals surface area contributed by atoms with Crippen LogP contribution >= 0.6 is 27.5 Å². The molecule has 1 aromatic carbocycles. The summed E-state index contributed by atoms with van der Waals surface area (Å²) in [5.74, 6) is -0.0555. The minimum atomic E-state index is -0.0555. The lowest BCUT2D eigenvalue weighted by Gasteiger charge is -2.23. The van der Waals surface area contributed by atoms with Crippen LogP contribution in [0.3, 0.4) is 0 Å². The van der Waals surface area contributed by atoms with Gasteiger partial charge in [-0.05, 0) is 44.1 Å². The maximum Gasteiger partial charge on any atom is 0.251 e. The number of nitrogens with one attached hydrogen (secondary N) is 2. The molecule has 1 saturated heterocycles. The smallest absolute Gasteiger partial charge is 0.251 e. The zero-order valence-electron chi connectivity index (χ0n) is 9.30. The molecule has 0 bridgehead atoms. The number of piperidine rings is 1. The second-order valence-electron chi connectivity index (χ2n) is 4.16. The van der Waals surface area contributed by atoms with Crippen molar-refractivity contribution in [1.29, 1.82) is 0 Å². The summed E-state index contributed by atoms with van der Waals surface area (Å²) in [5, 5.41) is 6.86. The van der Waals surface area contributed by atoms with Crippen LogP contribution in [0.25, 0.3) is 0 Å². The predicted octanol–water partition coefficient (Wildman–Crippen LogP) is 2.58. The number of amides is 1. The molecular formula is C12H14BrClN2O. The van der Waals surface area contributed by atoms with Crippen molar-refractivity contribution in [2.24, 2.45) is 0 Å². The van der Waals surface area contributed by atoms with Crippen LogP contribution in [0, 0.1) is 0 Å². The highest BCUT2D eigenvalue weighted by atomic mass is 79.9. The molecule has 0 radical (unpaired) electrons. The standard InChI is InChI=1S/C12H14BrClN2O/c13-9-5-8(6-10(14)7-9)12(17)16-11-1-3-15-4-2-11/h5-7,11,15H,1-4H2,(H,16,17). The van der Waals surface area contributed by atoms with Crippen LogP contribution in [-0.4, -0.2) is 25.0 Å². The van der Waals surface area contributed by atoms with Crippen LogP contribution in [-0.2, 0) is 0 Å². The van der Waals surface area contributed by atoms with Crippen molar-refractivity contribution >= 4 is 33.4 Å². The van der Waals surface area contributed by atoms with Crippen LogP contribution in [0.2, 0.25) is 5.02 Å². The van der Waals surface area contributed by atoms with Crippen LogP contribution in [0.4, 0.5) is 0 Å². The molecule has 0 aliphatic carbocycles. The molecule has 1 amide bonds. The van der Waals surface area contributed by atoms with E-state index in [1.807, 2.05) is 0 Å². The molecule has 1 fully saturated rings. The number of carbonyl (C=O) groups is 1. The number of hydrogen-bond acceptors (Lipinski definition) is 2. The van der Waals surface area contributed by atoms with Gasteiger partial charge in [0.25, 0.3) is 5.91 Å². The van der Waals surface area contributed by atoms with Gasteiger partial charge in [0.05, 0.1) is 0 Å². The van der Waals surface area contributed by atoms with Gasteiger partial charge >= 0.3 is 0 Å². The van der Waals surface area contributed by atoms with Gasteiger partial charge in [-0.15, -0.1) is 0 Å². The van der Waals surface area contributed by atoms with Gasteiger partial charge in [-0.1, -0.05) is 27.5 Å². The molecule has 2 N–H and O–H groups in total. The van der Waals surface area contributed by atoms with Crippen molar-refractivity contribution in [2.75, 3.05) is 13.1 Å². The van der Waals surface area contributed by atoms with Gasteiger partial charge in [0.15, 0.2) is 0 Å². The molecular weight excluding hydrogens is 304 g/mol. The third-order valence-electron chi connectivity index (χ3n) is 2.80. The molecule has 5 heteroatoms. The molecule has 0 unspecified atom stereocenters. The number of benzene rings is 1.